The topological polar surface area (TPSA) is 89.9 Å². The Kier molecular flexibility index (Phi) is 5.94. The Balaban J connectivity index is 2.05. The van der Waals surface area contributed by atoms with Gasteiger partial charge in [0.1, 0.15) is 11.7 Å². The maximum absolute atomic E-state index is 13.1. The van der Waals surface area contributed by atoms with E-state index in [2.05, 4.69) is 0 Å². The van der Waals surface area contributed by atoms with Crippen LogP contribution in [0.25, 0.3) is 0 Å². The van der Waals surface area contributed by atoms with E-state index in [0.29, 0.717) is 22.5 Å². The zero-order valence-electron chi connectivity index (χ0n) is 17.6. The van der Waals surface area contributed by atoms with Crippen molar-refractivity contribution in [3.8, 4) is 0 Å². The molecule has 0 bridgehead atoms. The van der Waals surface area contributed by atoms with Gasteiger partial charge in [0, 0.05) is 17.1 Å². The Morgan fingerprint density at radius 3 is 2.60 bits per heavy atom. The summed E-state index contributed by atoms with van der Waals surface area (Å²) in [7, 11) is 0. The molecule has 0 saturated carbocycles. The van der Waals surface area contributed by atoms with E-state index in [1.54, 1.807) is 45.1 Å². The number of aliphatic hydroxyl groups excluding tert-OH is 1. The molecule has 3 aliphatic rings. The fourth-order valence-corrected chi connectivity index (χ4v) is 4.17. The summed E-state index contributed by atoms with van der Waals surface area (Å²) in [4.78, 5) is 38.6. The van der Waals surface area contributed by atoms with Crippen molar-refractivity contribution in [3.05, 3.63) is 58.1 Å². The summed E-state index contributed by atoms with van der Waals surface area (Å²) in [6.45, 7) is 8.36. The SMILES string of the molecule is CC=C(C)C(=O)C1C(=O)OC2(C)C(=O)C(Cl)=C3C=C(C=CC(C)C(C)O)OC=C3C12. The molecule has 0 aromatic heterocycles. The van der Waals surface area contributed by atoms with Gasteiger partial charge in [0.15, 0.2) is 11.4 Å². The average Bonchev–Trinajstić information content (AvgIpc) is 3.00. The predicted octanol–water partition coefficient (Wildman–Crippen LogP) is 3.52. The molecule has 160 valence electrons. The third-order valence-electron chi connectivity index (χ3n) is 6.06. The summed E-state index contributed by atoms with van der Waals surface area (Å²) < 4.78 is 11.1. The van der Waals surface area contributed by atoms with Crippen molar-refractivity contribution in [2.24, 2.45) is 17.8 Å². The fourth-order valence-electron chi connectivity index (χ4n) is 3.82. The Hall–Kier alpha value is -2.44. The quantitative estimate of drug-likeness (QED) is 0.406. The van der Waals surface area contributed by atoms with Gasteiger partial charge in [-0.1, -0.05) is 30.7 Å². The van der Waals surface area contributed by atoms with E-state index in [1.807, 2.05) is 6.92 Å². The first-order chi connectivity index (χ1) is 14.0. The lowest BCUT2D eigenvalue weighted by molar-refractivity contribution is -0.156. The summed E-state index contributed by atoms with van der Waals surface area (Å²) in [5, 5.41) is 9.57. The number of ether oxygens (including phenoxy) is 2. The molecule has 1 saturated heterocycles. The van der Waals surface area contributed by atoms with Crippen LogP contribution in [-0.4, -0.2) is 34.3 Å². The number of hydrogen-bond acceptors (Lipinski definition) is 6. The highest BCUT2D eigenvalue weighted by molar-refractivity contribution is 6.45. The van der Waals surface area contributed by atoms with E-state index in [-0.39, 0.29) is 16.7 Å². The molecule has 1 aliphatic carbocycles. The zero-order chi connectivity index (χ0) is 22.4. The number of Topliss-reactive ketones (excluding diaryl/α,β-unsaturated/α-hetero) is 2. The second kappa shape index (κ2) is 8.00. The van der Waals surface area contributed by atoms with Gasteiger partial charge in [0.05, 0.1) is 23.3 Å². The smallest absolute Gasteiger partial charge is 0.318 e. The van der Waals surface area contributed by atoms with E-state index in [0.717, 1.165) is 0 Å². The maximum Gasteiger partial charge on any atom is 0.318 e. The number of esters is 1. The Labute approximate surface area is 180 Å². The summed E-state index contributed by atoms with van der Waals surface area (Å²) in [5.74, 6) is -3.33. The van der Waals surface area contributed by atoms with Crippen molar-refractivity contribution in [1.29, 1.82) is 0 Å². The van der Waals surface area contributed by atoms with E-state index >= 15 is 0 Å². The third-order valence-corrected chi connectivity index (χ3v) is 6.44. The minimum Gasteiger partial charge on any atom is -0.465 e. The number of hydrogen-bond donors (Lipinski definition) is 1. The maximum atomic E-state index is 13.1. The number of halogens is 1. The van der Waals surface area contributed by atoms with Gasteiger partial charge >= 0.3 is 5.97 Å². The normalized spacial score (nSPS) is 30.8. The molecule has 3 rings (SSSR count). The molecule has 2 aliphatic heterocycles. The van der Waals surface area contributed by atoms with Crippen LogP contribution in [0.15, 0.2) is 58.1 Å². The molecule has 0 aromatic rings. The standard InChI is InChI=1S/C23H25ClO6/c1-6-11(2)20(26)17-18-16-10-29-14(8-7-12(3)13(4)25)9-15(16)19(24)21(27)23(18,5)30-22(17)28/h6-10,12-13,17-18,25H,1-5H3. The van der Waals surface area contributed by atoms with Crippen LogP contribution in [-0.2, 0) is 23.9 Å². The number of fused-ring (bicyclic) bond motifs is 3. The van der Waals surface area contributed by atoms with Crippen LogP contribution in [0.3, 0.4) is 0 Å². The Bertz CT molecular complexity index is 964. The van der Waals surface area contributed by atoms with E-state index < -0.39 is 35.3 Å². The van der Waals surface area contributed by atoms with E-state index in [9.17, 15) is 19.5 Å². The number of carbonyl (C=O) groups excluding carboxylic acids is 3. The van der Waals surface area contributed by atoms with Crippen LogP contribution in [0.4, 0.5) is 0 Å². The van der Waals surface area contributed by atoms with Crippen molar-refractivity contribution < 1.29 is 29.0 Å². The molecule has 0 aromatic carbocycles. The minimum absolute atomic E-state index is 0.0681. The van der Waals surface area contributed by atoms with Crippen molar-refractivity contribution in [2.75, 3.05) is 0 Å². The summed E-state index contributed by atoms with van der Waals surface area (Å²) in [6.07, 6.45) is 7.59. The van der Waals surface area contributed by atoms with Gasteiger partial charge < -0.3 is 14.6 Å². The van der Waals surface area contributed by atoms with Crippen molar-refractivity contribution in [3.63, 3.8) is 0 Å². The van der Waals surface area contributed by atoms with Gasteiger partial charge in [-0.25, -0.2) is 0 Å². The van der Waals surface area contributed by atoms with Gasteiger partial charge in [-0.05, 0) is 45.4 Å². The average molecular weight is 433 g/mol. The molecule has 5 atom stereocenters. The third kappa shape index (κ3) is 3.48. The first-order valence-electron chi connectivity index (χ1n) is 9.82. The molecule has 2 heterocycles. The van der Waals surface area contributed by atoms with Crippen molar-refractivity contribution >= 4 is 29.1 Å². The highest BCUT2D eigenvalue weighted by Gasteiger charge is 2.64. The lowest BCUT2D eigenvalue weighted by Crippen LogP contribution is -2.48. The van der Waals surface area contributed by atoms with E-state index in [1.165, 1.54) is 13.2 Å². The summed E-state index contributed by atoms with van der Waals surface area (Å²) >= 11 is 6.38. The number of carbonyl (C=O) groups is 3. The van der Waals surface area contributed by atoms with Gasteiger partial charge in [-0.15, -0.1) is 0 Å². The highest BCUT2D eigenvalue weighted by atomic mass is 35.5. The molecule has 30 heavy (non-hydrogen) atoms. The van der Waals surface area contributed by atoms with Crippen LogP contribution < -0.4 is 0 Å². The second-order valence-electron chi connectivity index (χ2n) is 8.07. The number of aliphatic hydroxyl groups is 1. The Morgan fingerprint density at radius 2 is 2.00 bits per heavy atom. The fraction of sp³-hybridized carbons (Fsp3) is 0.435. The Morgan fingerprint density at radius 1 is 1.33 bits per heavy atom. The predicted molar refractivity (Wildman–Crippen MR) is 111 cm³/mol. The molecular formula is C23H25ClO6. The molecule has 0 amide bonds. The molecule has 5 unspecified atom stereocenters. The largest absolute Gasteiger partial charge is 0.465 e. The lowest BCUT2D eigenvalue weighted by Gasteiger charge is -2.36. The molecule has 1 N–H and O–H groups in total. The zero-order valence-corrected chi connectivity index (χ0v) is 18.3. The van der Waals surface area contributed by atoms with Crippen LogP contribution >= 0.6 is 11.6 Å². The van der Waals surface area contributed by atoms with E-state index in [4.69, 9.17) is 21.1 Å². The highest BCUT2D eigenvalue weighted by Crippen LogP contribution is 2.52. The van der Waals surface area contributed by atoms with Crippen molar-refractivity contribution in [2.45, 2.75) is 46.3 Å². The first kappa shape index (κ1) is 22.2. The number of allylic oxidation sites excluding steroid dienone is 5. The number of rotatable bonds is 5. The van der Waals surface area contributed by atoms with Crippen LogP contribution in [0.1, 0.15) is 34.6 Å². The molecule has 1 fully saturated rings. The van der Waals surface area contributed by atoms with Gasteiger partial charge in [0.25, 0.3) is 0 Å². The minimum atomic E-state index is -1.57. The second-order valence-corrected chi connectivity index (χ2v) is 8.45. The molecule has 6 nitrogen and oxygen atoms in total. The van der Waals surface area contributed by atoms with Crippen molar-refractivity contribution in [1.82, 2.24) is 0 Å². The lowest BCUT2D eigenvalue weighted by atomic mass is 9.67. The van der Waals surface area contributed by atoms with Gasteiger partial charge in [-0.2, -0.15) is 0 Å². The van der Waals surface area contributed by atoms with Crippen LogP contribution in [0.5, 0.6) is 0 Å². The molecule has 7 heteroatoms. The van der Waals surface area contributed by atoms with Gasteiger partial charge in [-0.3, -0.25) is 14.4 Å². The van der Waals surface area contributed by atoms with Crippen LogP contribution in [0, 0.1) is 17.8 Å². The summed E-state index contributed by atoms with van der Waals surface area (Å²) in [6, 6.07) is 0. The first-order valence-corrected chi connectivity index (χ1v) is 10.2. The molecule has 0 radical (unpaired) electrons. The molecule has 0 spiro atoms. The monoisotopic (exact) mass is 432 g/mol. The summed E-state index contributed by atoms with van der Waals surface area (Å²) in [5.41, 5.74) is -0.257. The number of ketones is 2. The molecular weight excluding hydrogens is 408 g/mol. The van der Waals surface area contributed by atoms with Gasteiger partial charge in [0.2, 0.25) is 5.78 Å². The van der Waals surface area contributed by atoms with Crippen LogP contribution in [0.2, 0.25) is 0 Å².